The number of halogens is 1. The molecule has 1 radical (unpaired) electrons. The smallest absolute Gasteiger partial charge is 0.493 e. The number of amides is 2. The second kappa shape index (κ2) is 16.7. The van der Waals surface area contributed by atoms with Crippen LogP contribution in [0.2, 0.25) is 5.02 Å². The van der Waals surface area contributed by atoms with E-state index in [4.69, 9.17) is 21.4 Å². The zero-order valence-electron chi connectivity index (χ0n) is 24.7. The SMILES string of the molecule is Cc1c(CCOc2cc(Cl)ccc2-c2ccc3ncc(CCNC(=O)O)n3c2)c(C(=O)N(C)C)nn1C.[CH3-].[CH3-].[CH3-].[Ce+3]. The van der Waals surface area contributed by atoms with Gasteiger partial charge in [0.25, 0.3) is 5.91 Å². The Morgan fingerprint density at radius 1 is 1.12 bits per heavy atom. The first-order chi connectivity index (χ1) is 17.7. The normalized spacial score (nSPS) is 9.98. The van der Waals surface area contributed by atoms with Crippen LogP contribution in [0.3, 0.4) is 0 Å². The van der Waals surface area contributed by atoms with Crippen LogP contribution < -0.4 is 10.1 Å². The van der Waals surface area contributed by atoms with Gasteiger partial charge in [-0.2, -0.15) is 5.10 Å². The molecule has 0 aliphatic heterocycles. The van der Waals surface area contributed by atoms with Gasteiger partial charge in [0.05, 0.1) is 6.61 Å². The van der Waals surface area contributed by atoms with Crippen molar-refractivity contribution in [2.24, 2.45) is 7.05 Å². The van der Waals surface area contributed by atoms with Gasteiger partial charge >= 0.3 is 47.8 Å². The molecule has 41 heavy (non-hydrogen) atoms. The molecule has 1 aromatic carbocycles. The number of fused-ring (bicyclic) bond motifs is 1. The van der Waals surface area contributed by atoms with Crippen LogP contribution in [0.15, 0.2) is 42.7 Å². The number of aryl methyl sites for hydroxylation is 1. The van der Waals surface area contributed by atoms with E-state index < -0.39 is 6.09 Å². The molecule has 10 nitrogen and oxygen atoms in total. The standard InChI is InChI=1S/C26H29ClN6O4.3CH3.Ce/c1-16-20(24(30-32(16)4)25(34)31(2)3)10-12-37-22-13-18(27)6-7-21(22)17-5-8-23-29-14-19(33(23)15-17)9-11-28-26(35)36;;;;/h5-8,13-15,28H,9-12H2,1-4H3,(H,35,36);3*1H3;/q;3*-1;+3. The Morgan fingerprint density at radius 2 is 1.83 bits per heavy atom. The number of carbonyl (C=O) groups is 2. The number of hydrogen-bond acceptors (Lipinski definition) is 5. The zero-order valence-corrected chi connectivity index (χ0v) is 28.6. The van der Waals surface area contributed by atoms with E-state index >= 15 is 0 Å². The predicted octanol–water partition coefficient (Wildman–Crippen LogP) is 5.18. The van der Waals surface area contributed by atoms with Gasteiger partial charge in [0.2, 0.25) is 0 Å². The quantitative estimate of drug-likeness (QED) is 0.232. The molecule has 12 heteroatoms. The molecule has 0 unspecified atom stereocenters. The van der Waals surface area contributed by atoms with Crippen LogP contribution in [0.4, 0.5) is 4.79 Å². The number of nitrogens with one attached hydrogen (secondary N) is 1. The maximum Gasteiger partial charge on any atom is 3.00 e. The van der Waals surface area contributed by atoms with E-state index in [9.17, 15) is 9.59 Å². The number of pyridine rings is 1. The Labute approximate surface area is 281 Å². The van der Waals surface area contributed by atoms with E-state index in [-0.39, 0.29) is 76.5 Å². The number of imidazole rings is 1. The summed E-state index contributed by atoms with van der Waals surface area (Å²) in [4.78, 5) is 29.3. The fourth-order valence-electron chi connectivity index (χ4n) is 4.12. The maximum atomic E-state index is 12.6. The molecule has 0 fully saturated rings. The summed E-state index contributed by atoms with van der Waals surface area (Å²) in [6.45, 7) is 2.55. The van der Waals surface area contributed by atoms with E-state index in [1.54, 1.807) is 37.1 Å². The first-order valence-electron chi connectivity index (χ1n) is 11.8. The van der Waals surface area contributed by atoms with Gasteiger partial charge in [0.1, 0.15) is 11.4 Å². The van der Waals surface area contributed by atoms with Crippen molar-refractivity contribution in [3.63, 3.8) is 0 Å². The van der Waals surface area contributed by atoms with Crippen molar-refractivity contribution >= 4 is 29.2 Å². The number of carbonyl (C=O) groups excluding carboxylic acids is 1. The largest absolute Gasteiger partial charge is 3.00 e. The molecule has 0 aliphatic carbocycles. The summed E-state index contributed by atoms with van der Waals surface area (Å²) in [7, 11) is 5.23. The molecule has 0 spiro atoms. The minimum atomic E-state index is -1.06. The van der Waals surface area contributed by atoms with Gasteiger partial charge in [-0.25, -0.2) is 9.78 Å². The molecule has 4 rings (SSSR count). The molecule has 0 saturated carbocycles. The molecular formula is C29H38CeClN6O4. The van der Waals surface area contributed by atoms with Crippen LogP contribution in [-0.2, 0) is 19.9 Å². The average molecular weight is 710 g/mol. The molecule has 0 aliphatic rings. The van der Waals surface area contributed by atoms with Crippen LogP contribution in [-0.4, -0.2) is 68.4 Å². The van der Waals surface area contributed by atoms with Gasteiger partial charge < -0.3 is 46.7 Å². The summed E-state index contributed by atoms with van der Waals surface area (Å²) in [6, 6.07) is 9.34. The van der Waals surface area contributed by atoms with Gasteiger partial charge in [0.15, 0.2) is 5.69 Å². The van der Waals surface area contributed by atoms with Gasteiger partial charge in [-0.3, -0.25) is 9.48 Å². The molecule has 0 atom stereocenters. The monoisotopic (exact) mass is 709 g/mol. The zero-order chi connectivity index (χ0) is 26.7. The Kier molecular flexibility index (Phi) is 15.6. The van der Waals surface area contributed by atoms with E-state index in [0.717, 1.165) is 33.7 Å². The predicted molar refractivity (Wildman–Crippen MR) is 160 cm³/mol. The van der Waals surface area contributed by atoms with Crippen LogP contribution in [0.5, 0.6) is 5.75 Å². The summed E-state index contributed by atoms with van der Waals surface area (Å²) >= 11 is 6.30. The third-order valence-corrected chi connectivity index (χ3v) is 6.41. The summed E-state index contributed by atoms with van der Waals surface area (Å²) in [5.41, 5.74) is 5.57. The van der Waals surface area contributed by atoms with Crippen molar-refractivity contribution < 1.29 is 61.2 Å². The number of benzene rings is 1. The molecule has 0 bridgehead atoms. The molecular weight excluding hydrogens is 672 g/mol. The molecule has 2 N–H and O–H groups in total. The third-order valence-electron chi connectivity index (χ3n) is 6.17. The van der Waals surface area contributed by atoms with Gasteiger partial charge in [-0.15, -0.1) is 0 Å². The number of hydrogen-bond donors (Lipinski definition) is 2. The Bertz CT molecular complexity index is 1470. The topological polar surface area (TPSA) is 114 Å². The van der Waals surface area contributed by atoms with Crippen LogP contribution >= 0.6 is 11.6 Å². The molecule has 219 valence electrons. The number of rotatable bonds is 9. The van der Waals surface area contributed by atoms with E-state index in [1.165, 1.54) is 4.90 Å². The van der Waals surface area contributed by atoms with Crippen molar-refractivity contribution in [2.75, 3.05) is 27.2 Å². The fraction of sp³-hybridized carbons (Fsp3) is 0.276. The second-order valence-corrected chi connectivity index (χ2v) is 9.29. The summed E-state index contributed by atoms with van der Waals surface area (Å²) in [5.74, 6) is 0.466. The summed E-state index contributed by atoms with van der Waals surface area (Å²) in [6.07, 6.45) is 3.64. The van der Waals surface area contributed by atoms with Crippen molar-refractivity contribution in [3.8, 4) is 16.9 Å². The molecule has 4 aromatic rings. The number of ether oxygens (including phenoxy) is 1. The average Bonchev–Trinajstić information content (AvgIpc) is 3.38. The van der Waals surface area contributed by atoms with E-state index in [0.29, 0.717) is 35.9 Å². The number of carboxylic acid groups (broad SMARTS) is 1. The Morgan fingerprint density at radius 3 is 2.49 bits per heavy atom. The van der Waals surface area contributed by atoms with Crippen molar-refractivity contribution in [1.82, 2.24) is 29.4 Å². The van der Waals surface area contributed by atoms with E-state index in [2.05, 4.69) is 15.4 Å². The fourth-order valence-corrected chi connectivity index (χ4v) is 4.29. The second-order valence-electron chi connectivity index (χ2n) is 8.85. The Balaban J connectivity index is 0.00000400. The van der Waals surface area contributed by atoms with Crippen molar-refractivity contribution in [1.29, 1.82) is 0 Å². The summed E-state index contributed by atoms with van der Waals surface area (Å²) in [5, 5.41) is 16.2. The van der Waals surface area contributed by atoms with Gasteiger partial charge in [0, 0.05) is 86.0 Å². The van der Waals surface area contributed by atoms with Crippen LogP contribution in [0, 0.1) is 71.0 Å². The number of aromatic nitrogens is 4. The molecule has 2 amide bonds. The minimum Gasteiger partial charge on any atom is -0.493 e. The third kappa shape index (κ3) is 8.90. The number of nitrogens with zero attached hydrogens (tertiary/aromatic N) is 5. The first-order valence-corrected chi connectivity index (χ1v) is 12.1. The van der Waals surface area contributed by atoms with Crippen molar-refractivity contribution in [3.05, 3.63) is 92.7 Å². The minimum absolute atomic E-state index is 0. The van der Waals surface area contributed by atoms with Gasteiger partial charge in [-0.1, -0.05) is 11.6 Å². The van der Waals surface area contributed by atoms with Crippen molar-refractivity contribution in [2.45, 2.75) is 19.8 Å². The first kappa shape index (κ1) is 38.3. The molecule has 3 heterocycles. The van der Waals surface area contributed by atoms with Gasteiger partial charge in [-0.05, 0) is 37.3 Å². The van der Waals surface area contributed by atoms with Crippen LogP contribution in [0.1, 0.15) is 27.4 Å². The molecule has 0 saturated heterocycles. The Hall–Kier alpha value is -2.67. The maximum absolute atomic E-state index is 12.6. The van der Waals surface area contributed by atoms with E-state index in [1.807, 2.05) is 42.8 Å². The summed E-state index contributed by atoms with van der Waals surface area (Å²) < 4.78 is 9.85. The van der Waals surface area contributed by atoms with Crippen LogP contribution in [0.25, 0.3) is 16.8 Å². The molecule has 3 aromatic heterocycles.